The van der Waals surface area contributed by atoms with Crippen molar-refractivity contribution in [1.82, 2.24) is 20.4 Å². The number of urea groups is 1. The van der Waals surface area contributed by atoms with Gasteiger partial charge in [-0.3, -0.25) is 5.32 Å². The molecule has 8 nitrogen and oxygen atoms in total. The van der Waals surface area contributed by atoms with Crippen molar-refractivity contribution >= 4 is 11.8 Å². The highest BCUT2D eigenvalue weighted by molar-refractivity contribution is 5.88. The van der Waals surface area contributed by atoms with Crippen LogP contribution in [0.1, 0.15) is 36.2 Å². The number of hydrogen-bond acceptors (Lipinski definition) is 6. The van der Waals surface area contributed by atoms with E-state index < -0.39 is 0 Å². The highest BCUT2D eigenvalue weighted by Crippen LogP contribution is 2.29. The summed E-state index contributed by atoms with van der Waals surface area (Å²) in [6, 6.07) is 2.98. The number of aryl methyl sites for hydroxylation is 2. The fourth-order valence-corrected chi connectivity index (χ4v) is 2.77. The summed E-state index contributed by atoms with van der Waals surface area (Å²) in [6.07, 6.45) is 3.31. The van der Waals surface area contributed by atoms with Crippen LogP contribution in [-0.2, 0) is 4.74 Å². The number of anilines is 1. The van der Waals surface area contributed by atoms with Crippen LogP contribution >= 0.6 is 0 Å². The zero-order valence-corrected chi connectivity index (χ0v) is 13.8. The molecule has 3 rings (SSSR count). The number of pyridine rings is 1. The Kier molecular flexibility index (Phi) is 5.05. The summed E-state index contributed by atoms with van der Waals surface area (Å²) in [7, 11) is 0. The van der Waals surface area contributed by atoms with Crippen LogP contribution in [0, 0.1) is 19.8 Å². The molecule has 2 amide bonds. The summed E-state index contributed by atoms with van der Waals surface area (Å²) < 4.78 is 10.7. The van der Waals surface area contributed by atoms with Gasteiger partial charge in [0.05, 0.1) is 0 Å². The zero-order valence-electron chi connectivity index (χ0n) is 13.8. The second-order valence-electron chi connectivity index (χ2n) is 5.92. The van der Waals surface area contributed by atoms with Gasteiger partial charge >= 0.3 is 6.03 Å². The molecule has 0 bridgehead atoms. The Balaban J connectivity index is 1.72. The number of carbonyl (C=O) groups is 1. The Bertz CT molecular complexity index is 697. The van der Waals surface area contributed by atoms with Crippen molar-refractivity contribution in [1.29, 1.82) is 0 Å². The van der Waals surface area contributed by atoms with Crippen LogP contribution in [0.5, 0.6) is 0 Å². The second-order valence-corrected chi connectivity index (χ2v) is 5.92. The number of nitrogens with zero attached hydrogens (tertiary/aromatic N) is 3. The molecule has 0 aromatic carbocycles. The maximum absolute atomic E-state index is 12.4. The van der Waals surface area contributed by atoms with E-state index in [-0.39, 0.29) is 18.0 Å². The van der Waals surface area contributed by atoms with Crippen LogP contribution in [0.2, 0.25) is 0 Å². The van der Waals surface area contributed by atoms with Gasteiger partial charge in [0, 0.05) is 19.4 Å². The molecule has 3 heterocycles. The van der Waals surface area contributed by atoms with Crippen molar-refractivity contribution in [3.05, 3.63) is 35.6 Å². The molecule has 1 atom stereocenters. The molecule has 0 saturated carbocycles. The van der Waals surface area contributed by atoms with Crippen molar-refractivity contribution in [2.24, 2.45) is 5.92 Å². The fraction of sp³-hybridized carbons (Fsp3) is 0.500. The maximum Gasteiger partial charge on any atom is 0.321 e. The lowest BCUT2D eigenvalue weighted by molar-refractivity contribution is 0.0506. The number of ether oxygens (including phenoxy) is 1. The monoisotopic (exact) mass is 331 g/mol. The lowest BCUT2D eigenvalue weighted by Crippen LogP contribution is -2.38. The molecule has 1 aliphatic rings. The van der Waals surface area contributed by atoms with E-state index in [1.54, 1.807) is 19.2 Å². The van der Waals surface area contributed by atoms with Crippen LogP contribution in [0.4, 0.5) is 10.6 Å². The molecule has 1 fully saturated rings. The third-order valence-electron chi connectivity index (χ3n) is 3.99. The van der Waals surface area contributed by atoms with Crippen LogP contribution in [-0.4, -0.2) is 34.4 Å². The number of nitrogens with one attached hydrogen (secondary N) is 2. The Labute approximate surface area is 140 Å². The zero-order chi connectivity index (χ0) is 16.9. The summed E-state index contributed by atoms with van der Waals surface area (Å²) >= 11 is 0. The van der Waals surface area contributed by atoms with Gasteiger partial charge in [0.1, 0.15) is 11.9 Å². The van der Waals surface area contributed by atoms with Crippen LogP contribution in [0.25, 0.3) is 0 Å². The van der Waals surface area contributed by atoms with Gasteiger partial charge in [-0.25, -0.2) is 9.78 Å². The molecule has 1 aliphatic heterocycles. The van der Waals surface area contributed by atoms with Crippen molar-refractivity contribution < 1.29 is 14.1 Å². The number of rotatable bonds is 4. The van der Waals surface area contributed by atoms with E-state index in [1.807, 2.05) is 13.0 Å². The third-order valence-corrected chi connectivity index (χ3v) is 3.99. The van der Waals surface area contributed by atoms with E-state index in [0.29, 0.717) is 30.7 Å². The molecule has 0 spiro atoms. The number of carbonyl (C=O) groups excluding carboxylic acids is 1. The van der Waals surface area contributed by atoms with Crippen LogP contribution < -0.4 is 10.6 Å². The van der Waals surface area contributed by atoms with Gasteiger partial charge < -0.3 is 14.6 Å². The van der Waals surface area contributed by atoms with E-state index in [0.717, 1.165) is 18.4 Å². The highest BCUT2D eigenvalue weighted by atomic mass is 16.5. The Morgan fingerprint density at radius 2 is 2.12 bits per heavy atom. The largest absolute Gasteiger partial charge is 0.381 e. The number of hydrogen-bond donors (Lipinski definition) is 2. The maximum atomic E-state index is 12.4. The topological polar surface area (TPSA) is 102 Å². The molecular formula is C16H21N5O3. The number of amides is 2. The third kappa shape index (κ3) is 4.08. The molecule has 24 heavy (non-hydrogen) atoms. The van der Waals surface area contributed by atoms with Crippen LogP contribution in [0.3, 0.4) is 0 Å². The van der Waals surface area contributed by atoms with Crippen molar-refractivity contribution in [2.75, 3.05) is 18.5 Å². The Morgan fingerprint density at radius 3 is 2.79 bits per heavy atom. The summed E-state index contributed by atoms with van der Waals surface area (Å²) in [5.74, 6) is 1.66. The average molecular weight is 331 g/mol. The lowest BCUT2D eigenvalue weighted by atomic mass is 9.91. The van der Waals surface area contributed by atoms with Crippen molar-refractivity contribution in [3.8, 4) is 0 Å². The van der Waals surface area contributed by atoms with E-state index in [4.69, 9.17) is 9.26 Å². The molecule has 1 unspecified atom stereocenters. The standard InChI is InChI=1S/C16H21N5O3/c1-10-3-6-17-13(9-10)19-16(22)20-14(12-4-7-23-8-5-12)15-18-11(2)21-24-15/h3,6,9,12,14H,4-5,7-8H2,1-2H3,(H2,17,19,20,22). The minimum absolute atomic E-state index is 0.190. The van der Waals surface area contributed by atoms with Crippen molar-refractivity contribution in [3.63, 3.8) is 0 Å². The van der Waals surface area contributed by atoms with Gasteiger partial charge in [-0.2, -0.15) is 4.98 Å². The normalized spacial score (nSPS) is 16.6. The molecule has 0 radical (unpaired) electrons. The average Bonchev–Trinajstić information content (AvgIpc) is 3.00. The quantitative estimate of drug-likeness (QED) is 0.892. The van der Waals surface area contributed by atoms with Crippen molar-refractivity contribution in [2.45, 2.75) is 32.7 Å². The summed E-state index contributed by atoms with van der Waals surface area (Å²) in [6.45, 7) is 5.02. The predicted molar refractivity (Wildman–Crippen MR) is 86.4 cm³/mol. The highest BCUT2D eigenvalue weighted by Gasteiger charge is 2.31. The molecule has 2 aromatic rings. The minimum Gasteiger partial charge on any atom is -0.381 e. The lowest BCUT2D eigenvalue weighted by Gasteiger charge is -2.28. The predicted octanol–water partition coefficient (Wildman–Crippen LogP) is 2.37. The first-order valence-corrected chi connectivity index (χ1v) is 8.00. The molecule has 8 heteroatoms. The van der Waals surface area contributed by atoms with E-state index in [2.05, 4.69) is 25.8 Å². The van der Waals surface area contributed by atoms with Gasteiger partial charge in [-0.1, -0.05) is 5.16 Å². The minimum atomic E-state index is -0.347. The molecule has 2 aromatic heterocycles. The molecule has 0 aliphatic carbocycles. The fourth-order valence-electron chi connectivity index (χ4n) is 2.77. The summed E-state index contributed by atoms with van der Waals surface area (Å²) in [5.41, 5.74) is 1.02. The summed E-state index contributed by atoms with van der Waals surface area (Å²) in [5, 5.41) is 9.52. The van der Waals surface area contributed by atoms with Gasteiger partial charge in [-0.05, 0) is 50.3 Å². The SMILES string of the molecule is Cc1ccnc(NC(=O)NC(c2nc(C)no2)C2CCOCC2)c1. The van der Waals surface area contributed by atoms with E-state index in [1.165, 1.54) is 0 Å². The van der Waals surface area contributed by atoms with Gasteiger partial charge in [0.25, 0.3) is 0 Å². The first-order chi connectivity index (χ1) is 11.6. The van der Waals surface area contributed by atoms with Gasteiger partial charge in [-0.15, -0.1) is 0 Å². The second kappa shape index (κ2) is 7.39. The van der Waals surface area contributed by atoms with E-state index >= 15 is 0 Å². The van der Waals surface area contributed by atoms with E-state index in [9.17, 15) is 4.79 Å². The van der Waals surface area contributed by atoms with Crippen LogP contribution in [0.15, 0.2) is 22.9 Å². The Morgan fingerprint density at radius 1 is 1.33 bits per heavy atom. The number of aromatic nitrogens is 3. The molecule has 128 valence electrons. The molecule has 2 N–H and O–H groups in total. The molecule has 1 saturated heterocycles. The summed E-state index contributed by atoms with van der Waals surface area (Å²) in [4.78, 5) is 20.8. The smallest absolute Gasteiger partial charge is 0.321 e. The first-order valence-electron chi connectivity index (χ1n) is 8.00. The first kappa shape index (κ1) is 16.4. The van der Waals surface area contributed by atoms with Gasteiger partial charge in [0.15, 0.2) is 5.82 Å². The van der Waals surface area contributed by atoms with Gasteiger partial charge in [0.2, 0.25) is 5.89 Å². The molecular weight excluding hydrogens is 310 g/mol. The Hall–Kier alpha value is -2.48.